The highest BCUT2D eigenvalue weighted by Gasteiger charge is 2.03. The zero-order valence-electron chi connectivity index (χ0n) is 13.3. The molecule has 2 rings (SSSR count). The first kappa shape index (κ1) is 19.8. The summed E-state index contributed by atoms with van der Waals surface area (Å²) >= 11 is 4.15. The Kier molecular flexibility index (Phi) is 8.25. The maximum atomic E-state index is 11.5. The molecule has 2 aromatic rings. The molecule has 0 fully saturated rings. The van der Waals surface area contributed by atoms with Gasteiger partial charge in [0.2, 0.25) is 0 Å². The van der Waals surface area contributed by atoms with Gasteiger partial charge in [0.15, 0.2) is 0 Å². The molecule has 0 aliphatic heterocycles. The molecule has 6 nitrogen and oxygen atoms in total. The number of rotatable bonds is 6. The second kappa shape index (κ2) is 10.4. The van der Waals surface area contributed by atoms with Crippen LogP contribution in [-0.2, 0) is 6.42 Å². The van der Waals surface area contributed by atoms with Crippen LogP contribution in [0.4, 0.5) is 21.0 Å². The van der Waals surface area contributed by atoms with Gasteiger partial charge < -0.3 is 21.3 Å². The van der Waals surface area contributed by atoms with E-state index in [2.05, 4.69) is 66.4 Å². The second-order valence-electron chi connectivity index (χ2n) is 5.10. The summed E-state index contributed by atoms with van der Waals surface area (Å²) < 4.78 is 1.12. The summed E-state index contributed by atoms with van der Waals surface area (Å²) in [5.74, 6) is 0. The molecule has 0 bridgehead atoms. The summed E-state index contributed by atoms with van der Waals surface area (Å²) in [5, 5.41) is 10.9. The van der Waals surface area contributed by atoms with Crippen LogP contribution in [0, 0.1) is 0 Å². The first-order chi connectivity index (χ1) is 12.1. The average molecular weight is 564 g/mol. The predicted octanol–water partition coefficient (Wildman–Crippen LogP) is 4.31. The van der Waals surface area contributed by atoms with E-state index in [0.29, 0.717) is 9.10 Å². The van der Waals surface area contributed by atoms with Crippen LogP contribution >= 0.6 is 45.2 Å². The SMILES string of the molecule is O=C(NCI)Nc1ccc(Cc2ccc(NC(=O)NCI)cc2)cc1. The number of hydrogen-bond donors (Lipinski definition) is 4. The minimum atomic E-state index is -0.211. The second-order valence-corrected chi connectivity index (χ2v) is 6.63. The van der Waals surface area contributed by atoms with E-state index in [1.807, 2.05) is 48.5 Å². The van der Waals surface area contributed by atoms with E-state index < -0.39 is 0 Å². The number of carbonyl (C=O) groups excluding carboxylic acids is 2. The normalized spacial score (nSPS) is 10.0. The van der Waals surface area contributed by atoms with Crippen molar-refractivity contribution in [3.8, 4) is 0 Å². The molecule has 8 heteroatoms. The van der Waals surface area contributed by atoms with Gasteiger partial charge in [-0.2, -0.15) is 0 Å². The Balaban J connectivity index is 1.91. The van der Waals surface area contributed by atoms with Crippen LogP contribution in [-0.4, -0.2) is 21.2 Å². The Morgan fingerprint density at radius 1 is 0.680 bits per heavy atom. The minimum Gasteiger partial charge on any atom is -0.329 e. The third-order valence-corrected chi connectivity index (χ3v) is 4.05. The number of anilines is 2. The summed E-state index contributed by atoms with van der Waals surface area (Å²) in [6, 6.07) is 15.0. The van der Waals surface area contributed by atoms with E-state index in [-0.39, 0.29) is 12.1 Å². The molecule has 0 atom stereocenters. The number of amides is 4. The van der Waals surface area contributed by atoms with Crippen molar-refractivity contribution < 1.29 is 9.59 Å². The van der Waals surface area contributed by atoms with Crippen LogP contribution in [0.2, 0.25) is 0 Å². The lowest BCUT2D eigenvalue weighted by Crippen LogP contribution is -2.27. The molecule has 4 N–H and O–H groups in total. The van der Waals surface area contributed by atoms with Gasteiger partial charge in [-0.05, 0) is 41.8 Å². The molecule has 0 radical (unpaired) electrons. The zero-order valence-corrected chi connectivity index (χ0v) is 17.6. The smallest absolute Gasteiger partial charge is 0.319 e. The molecule has 0 heterocycles. The molecule has 25 heavy (non-hydrogen) atoms. The van der Waals surface area contributed by atoms with E-state index in [4.69, 9.17) is 0 Å². The van der Waals surface area contributed by atoms with Crippen LogP contribution < -0.4 is 21.3 Å². The number of nitrogens with one attached hydrogen (secondary N) is 4. The van der Waals surface area contributed by atoms with Crippen molar-refractivity contribution in [2.45, 2.75) is 6.42 Å². The fourth-order valence-electron chi connectivity index (χ4n) is 2.12. The number of hydrogen-bond acceptors (Lipinski definition) is 2. The van der Waals surface area contributed by atoms with Gasteiger partial charge in [-0.15, -0.1) is 0 Å². The van der Waals surface area contributed by atoms with Crippen LogP contribution in [0.1, 0.15) is 11.1 Å². The summed E-state index contributed by atoms with van der Waals surface area (Å²) in [5.41, 5.74) is 3.80. The largest absolute Gasteiger partial charge is 0.329 e. The van der Waals surface area contributed by atoms with Crippen molar-refractivity contribution in [3.05, 3.63) is 59.7 Å². The highest BCUT2D eigenvalue weighted by atomic mass is 127. The third kappa shape index (κ3) is 7.06. The minimum absolute atomic E-state index is 0.211. The van der Waals surface area contributed by atoms with Gasteiger partial charge in [0.05, 0.1) is 9.10 Å². The van der Waals surface area contributed by atoms with Crippen LogP contribution in [0.25, 0.3) is 0 Å². The zero-order chi connectivity index (χ0) is 18.1. The first-order valence-electron chi connectivity index (χ1n) is 7.50. The number of alkyl halides is 2. The molecule has 4 amide bonds. The first-order valence-corrected chi connectivity index (χ1v) is 10.6. The number of urea groups is 2. The Labute approximate surface area is 173 Å². The quantitative estimate of drug-likeness (QED) is 0.240. The fourth-order valence-corrected chi connectivity index (χ4v) is 2.81. The summed E-state index contributed by atoms with van der Waals surface area (Å²) in [7, 11) is 0. The van der Waals surface area contributed by atoms with Gasteiger partial charge in [-0.25, -0.2) is 9.59 Å². The average Bonchev–Trinajstić information content (AvgIpc) is 2.59. The Bertz CT molecular complexity index is 644. The molecule has 0 unspecified atom stereocenters. The lowest BCUT2D eigenvalue weighted by Gasteiger charge is -2.08. The number of benzene rings is 2. The molecule has 0 spiro atoms. The van der Waals surface area contributed by atoms with Gasteiger partial charge in [-0.3, -0.25) is 0 Å². The van der Waals surface area contributed by atoms with Crippen molar-refractivity contribution in [3.63, 3.8) is 0 Å². The van der Waals surface area contributed by atoms with E-state index >= 15 is 0 Å². The van der Waals surface area contributed by atoms with Gasteiger partial charge in [0, 0.05) is 11.4 Å². The molecule has 2 aromatic carbocycles. The molecule has 0 aliphatic rings. The van der Waals surface area contributed by atoms with Crippen molar-refractivity contribution >= 4 is 68.6 Å². The topological polar surface area (TPSA) is 82.3 Å². The van der Waals surface area contributed by atoms with Crippen molar-refractivity contribution in [2.24, 2.45) is 0 Å². The van der Waals surface area contributed by atoms with Crippen molar-refractivity contribution in [1.82, 2.24) is 10.6 Å². The van der Waals surface area contributed by atoms with Gasteiger partial charge in [0.1, 0.15) is 0 Å². The highest BCUT2D eigenvalue weighted by molar-refractivity contribution is 14.1. The van der Waals surface area contributed by atoms with Crippen LogP contribution in [0.3, 0.4) is 0 Å². The van der Waals surface area contributed by atoms with Crippen molar-refractivity contribution in [1.29, 1.82) is 0 Å². The van der Waals surface area contributed by atoms with E-state index in [1.54, 1.807) is 0 Å². The van der Waals surface area contributed by atoms with E-state index in [0.717, 1.165) is 28.9 Å². The maximum Gasteiger partial charge on any atom is 0.319 e. The predicted molar refractivity (Wildman–Crippen MR) is 118 cm³/mol. The monoisotopic (exact) mass is 564 g/mol. The van der Waals surface area contributed by atoms with Crippen LogP contribution in [0.15, 0.2) is 48.5 Å². The van der Waals surface area contributed by atoms with Crippen molar-refractivity contribution in [2.75, 3.05) is 19.7 Å². The molecule has 0 saturated heterocycles. The Morgan fingerprint density at radius 3 is 1.36 bits per heavy atom. The molecule has 0 saturated carbocycles. The van der Waals surface area contributed by atoms with Crippen LogP contribution in [0.5, 0.6) is 0 Å². The fraction of sp³-hybridized carbons (Fsp3) is 0.176. The molecule has 0 aliphatic carbocycles. The molecular formula is C17H18I2N4O2. The van der Waals surface area contributed by atoms with Gasteiger partial charge in [0.25, 0.3) is 0 Å². The lowest BCUT2D eigenvalue weighted by atomic mass is 10.0. The van der Waals surface area contributed by atoms with Gasteiger partial charge >= 0.3 is 12.1 Å². The Hall–Kier alpha value is -1.56. The van der Waals surface area contributed by atoms with E-state index in [9.17, 15) is 9.59 Å². The molecular weight excluding hydrogens is 546 g/mol. The summed E-state index contributed by atoms with van der Waals surface area (Å²) in [4.78, 5) is 23.0. The third-order valence-electron chi connectivity index (χ3n) is 3.29. The van der Waals surface area contributed by atoms with Gasteiger partial charge in [-0.1, -0.05) is 69.4 Å². The number of halogens is 2. The summed E-state index contributed by atoms with van der Waals surface area (Å²) in [6.45, 7) is 0. The standard InChI is InChI=1S/C17H18I2N4O2/c18-10-20-16(24)22-14-5-1-12(2-6-14)9-13-3-7-15(8-4-13)23-17(25)21-11-19/h1-8H,9-11H2,(H2,20,22,24)(H2,21,23,25). The Morgan fingerprint density at radius 2 is 1.04 bits per heavy atom. The lowest BCUT2D eigenvalue weighted by molar-refractivity contribution is 0.253. The number of carbonyl (C=O) groups is 2. The molecule has 132 valence electrons. The molecule has 0 aromatic heterocycles. The maximum absolute atomic E-state index is 11.5. The van der Waals surface area contributed by atoms with E-state index in [1.165, 1.54) is 0 Å². The summed E-state index contributed by atoms with van der Waals surface area (Å²) in [6.07, 6.45) is 0.778. The highest BCUT2D eigenvalue weighted by Crippen LogP contribution is 2.16.